The molecule has 0 aliphatic heterocycles. The smallest absolute Gasteiger partial charge is 0.104 e. The Kier molecular flexibility index (Phi) is 21.7. The van der Waals surface area contributed by atoms with E-state index in [0.29, 0.717) is 59.9 Å². The number of hydrogen-bond donors (Lipinski definition) is 1. The molecule has 1 N–H and O–H groups in total. The Morgan fingerprint density at radius 3 is 0.680 bits per heavy atom. The molecule has 7 saturated carbocycles. The van der Waals surface area contributed by atoms with E-state index in [1.807, 2.05) is 0 Å². The van der Waals surface area contributed by atoms with E-state index in [1.54, 1.807) is 0 Å². The molecular formula is C45H86F4O. The van der Waals surface area contributed by atoms with Crippen molar-refractivity contribution in [3.63, 3.8) is 0 Å². The van der Waals surface area contributed by atoms with Crippen LogP contribution >= 0.6 is 0 Å². The molecule has 7 fully saturated rings. The highest BCUT2D eigenvalue weighted by atomic mass is 19.1. The SMILES string of the molecule is CC(C)C1CC1.CC(C)[C@@H]1C[C@@H]1F.CC(C)[C@@H]1C[C@H]1F.CC(C)[C@H]1C[C@@H]1F.CC(C)[C@H]1C[C@H]1CO.CC(C)[C@H]1C[C@H]1F.CC[C@H]1C[C@H]1C(C)C. The first-order valence-electron chi connectivity index (χ1n) is 21.3. The van der Waals surface area contributed by atoms with Gasteiger partial charge in [0.25, 0.3) is 0 Å². The maximum absolute atomic E-state index is 12.0. The fourth-order valence-electron chi connectivity index (χ4n) is 7.10. The van der Waals surface area contributed by atoms with Crippen LogP contribution in [-0.4, -0.2) is 36.4 Å². The Labute approximate surface area is 309 Å². The van der Waals surface area contributed by atoms with Gasteiger partial charge in [0.2, 0.25) is 0 Å². The number of halogens is 4. The summed E-state index contributed by atoms with van der Waals surface area (Å²) in [6, 6.07) is 0. The molecule has 0 heterocycles. The summed E-state index contributed by atoms with van der Waals surface area (Å²) in [5.74, 6) is 11.3. The molecule has 7 aliphatic rings. The molecule has 0 aromatic rings. The van der Waals surface area contributed by atoms with Crippen molar-refractivity contribution in [1.29, 1.82) is 0 Å². The molecule has 300 valence electrons. The van der Waals surface area contributed by atoms with E-state index in [0.717, 1.165) is 67.1 Å². The quantitative estimate of drug-likeness (QED) is 0.235. The molecule has 7 aliphatic carbocycles. The average Bonchev–Trinajstić information content (AvgIpc) is 3.80. The Hall–Kier alpha value is -0.320. The molecular weight excluding hydrogens is 632 g/mol. The van der Waals surface area contributed by atoms with E-state index in [2.05, 4.69) is 104 Å². The minimum atomic E-state index is -0.458. The van der Waals surface area contributed by atoms with E-state index < -0.39 is 24.7 Å². The minimum absolute atomic E-state index is 0.403. The second-order valence-corrected chi connectivity index (χ2v) is 19.6. The number of aliphatic hydroxyl groups excluding tert-OH is 1. The molecule has 0 bridgehead atoms. The largest absolute Gasteiger partial charge is 0.396 e. The molecule has 5 heteroatoms. The lowest BCUT2D eigenvalue weighted by Gasteiger charge is -1.98. The fourth-order valence-corrected chi connectivity index (χ4v) is 7.10. The van der Waals surface area contributed by atoms with Gasteiger partial charge in [0.1, 0.15) is 24.7 Å². The summed E-state index contributed by atoms with van der Waals surface area (Å²) in [4.78, 5) is 0. The molecule has 0 aromatic heterocycles. The van der Waals surface area contributed by atoms with Crippen LogP contribution in [0.2, 0.25) is 0 Å². The third kappa shape index (κ3) is 20.8. The van der Waals surface area contributed by atoms with Crippen LogP contribution in [0.5, 0.6) is 0 Å². The van der Waals surface area contributed by atoms with Gasteiger partial charge in [0, 0.05) is 6.61 Å². The van der Waals surface area contributed by atoms with Crippen molar-refractivity contribution in [2.45, 2.75) is 186 Å². The van der Waals surface area contributed by atoms with Crippen LogP contribution in [0.15, 0.2) is 0 Å². The molecule has 0 radical (unpaired) electrons. The minimum Gasteiger partial charge on any atom is -0.396 e. The number of alkyl halides is 4. The van der Waals surface area contributed by atoms with Crippen molar-refractivity contribution in [3.8, 4) is 0 Å². The lowest BCUT2D eigenvalue weighted by Crippen LogP contribution is -1.95. The van der Waals surface area contributed by atoms with Gasteiger partial charge in [0.15, 0.2) is 0 Å². The van der Waals surface area contributed by atoms with E-state index in [9.17, 15) is 17.6 Å². The number of aliphatic hydroxyl groups is 1. The summed E-state index contributed by atoms with van der Waals surface area (Å²) < 4.78 is 48.1. The van der Waals surface area contributed by atoms with Crippen LogP contribution in [0.3, 0.4) is 0 Å². The van der Waals surface area contributed by atoms with Crippen LogP contribution in [-0.2, 0) is 0 Å². The lowest BCUT2D eigenvalue weighted by atomic mass is 10.1. The molecule has 0 saturated heterocycles. The number of rotatable bonds is 9. The zero-order valence-corrected chi connectivity index (χ0v) is 35.6. The highest BCUT2D eigenvalue weighted by molar-refractivity contribution is 4.90. The van der Waals surface area contributed by atoms with Gasteiger partial charge in [-0.1, -0.05) is 110 Å². The summed E-state index contributed by atoms with van der Waals surface area (Å²) in [7, 11) is 0. The Bertz CT molecular complexity index is 765. The lowest BCUT2D eigenvalue weighted by molar-refractivity contribution is 0.262. The van der Waals surface area contributed by atoms with Gasteiger partial charge < -0.3 is 5.11 Å². The molecule has 0 unspecified atom stereocenters. The highest BCUT2D eigenvalue weighted by Crippen LogP contribution is 2.46. The van der Waals surface area contributed by atoms with Crippen LogP contribution in [0.4, 0.5) is 17.6 Å². The standard InChI is InChI=1S/C8H16.C7H14O.4C6H11F.C6H12/c1-4-7-5-8(7)6(2)3;1-5(2)7-3-6(7)4-8;4*1-4(2)5-3-6(5)7;1-5(2)6-3-4-6/h6-8H,4-5H2,1-3H3;5-8H,3-4H2,1-2H3;4*4-6H,3H2,1-2H3;5-6H,3-4H2,1-2H3/t7-,8-;6-,7+;2*5-,6+;2*5-,6-;/m001010./s1. The second kappa shape index (κ2) is 22.8. The predicted molar refractivity (Wildman–Crippen MR) is 209 cm³/mol. The third-order valence-corrected chi connectivity index (χ3v) is 12.5. The van der Waals surface area contributed by atoms with Gasteiger partial charge in [-0.15, -0.1) is 0 Å². The van der Waals surface area contributed by atoms with E-state index >= 15 is 0 Å². The van der Waals surface area contributed by atoms with E-state index in [1.165, 1.54) is 32.1 Å². The summed E-state index contributed by atoms with van der Waals surface area (Å²) in [6.07, 6.45) is 8.60. The summed E-state index contributed by atoms with van der Waals surface area (Å²) in [5, 5.41) is 8.63. The van der Waals surface area contributed by atoms with Crippen molar-refractivity contribution in [3.05, 3.63) is 0 Å². The van der Waals surface area contributed by atoms with Crippen LogP contribution in [0.1, 0.15) is 162 Å². The predicted octanol–water partition coefficient (Wildman–Crippen LogP) is 14.0. The molecule has 0 amide bonds. The highest BCUT2D eigenvalue weighted by Gasteiger charge is 2.41. The summed E-state index contributed by atoms with van der Waals surface area (Å²) >= 11 is 0. The van der Waals surface area contributed by atoms with Crippen molar-refractivity contribution in [2.75, 3.05) is 6.61 Å². The fraction of sp³-hybridized carbons (Fsp3) is 1.00. The van der Waals surface area contributed by atoms with Crippen LogP contribution in [0, 0.1) is 94.7 Å². The molecule has 12 atom stereocenters. The maximum atomic E-state index is 12.0. The first kappa shape index (κ1) is 47.7. The molecule has 1 nitrogen and oxygen atoms in total. The van der Waals surface area contributed by atoms with Gasteiger partial charge in [-0.25, -0.2) is 17.6 Å². The first-order chi connectivity index (χ1) is 23.2. The maximum Gasteiger partial charge on any atom is 0.104 e. The van der Waals surface area contributed by atoms with Crippen molar-refractivity contribution < 1.29 is 22.7 Å². The zero-order chi connectivity index (χ0) is 38.6. The molecule has 7 rings (SSSR count). The van der Waals surface area contributed by atoms with Gasteiger partial charge >= 0.3 is 0 Å². The summed E-state index contributed by atoms with van der Waals surface area (Å²) in [6.45, 7) is 33.0. The van der Waals surface area contributed by atoms with Crippen molar-refractivity contribution in [1.82, 2.24) is 0 Å². The van der Waals surface area contributed by atoms with E-state index in [4.69, 9.17) is 5.11 Å². The average molecular weight is 719 g/mol. The van der Waals surface area contributed by atoms with Crippen molar-refractivity contribution >= 4 is 0 Å². The summed E-state index contributed by atoms with van der Waals surface area (Å²) in [5.41, 5.74) is 0. The van der Waals surface area contributed by atoms with E-state index in [-0.39, 0.29) is 0 Å². The topological polar surface area (TPSA) is 20.2 Å². The van der Waals surface area contributed by atoms with Crippen molar-refractivity contribution in [2.24, 2.45) is 94.7 Å². The normalized spacial score (nSPS) is 36.3. The Morgan fingerprint density at radius 1 is 0.400 bits per heavy atom. The number of hydrogen-bond acceptors (Lipinski definition) is 1. The van der Waals surface area contributed by atoms with Gasteiger partial charge in [-0.05, 0) is 146 Å². The zero-order valence-electron chi connectivity index (χ0n) is 35.6. The first-order valence-corrected chi connectivity index (χ1v) is 21.3. The van der Waals surface area contributed by atoms with Gasteiger partial charge in [-0.2, -0.15) is 0 Å². The molecule has 50 heavy (non-hydrogen) atoms. The Morgan fingerprint density at radius 2 is 0.640 bits per heavy atom. The monoisotopic (exact) mass is 719 g/mol. The second-order valence-electron chi connectivity index (χ2n) is 19.6. The van der Waals surface area contributed by atoms with Gasteiger partial charge in [0.05, 0.1) is 0 Å². The van der Waals surface area contributed by atoms with Crippen LogP contribution in [0.25, 0.3) is 0 Å². The molecule has 0 aromatic carbocycles. The van der Waals surface area contributed by atoms with Crippen LogP contribution < -0.4 is 0 Å². The van der Waals surface area contributed by atoms with Gasteiger partial charge in [-0.3, -0.25) is 0 Å². The third-order valence-electron chi connectivity index (χ3n) is 12.5. The molecule has 0 spiro atoms. The Balaban J connectivity index is 0.000000292.